The van der Waals surface area contributed by atoms with Gasteiger partial charge in [-0.2, -0.15) is 4.31 Å². The molecule has 1 unspecified atom stereocenters. The van der Waals surface area contributed by atoms with Gasteiger partial charge in [0, 0.05) is 24.3 Å². The fourth-order valence-corrected chi connectivity index (χ4v) is 6.67. The number of nitrogens with one attached hydrogen (secondary N) is 1. The van der Waals surface area contributed by atoms with Crippen LogP contribution in [0.2, 0.25) is 0 Å². The highest BCUT2D eigenvalue weighted by Gasteiger charge is 2.35. The van der Waals surface area contributed by atoms with E-state index in [4.69, 9.17) is 4.74 Å². The van der Waals surface area contributed by atoms with Gasteiger partial charge in [0.1, 0.15) is 4.21 Å². The van der Waals surface area contributed by atoms with Crippen LogP contribution in [0.25, 0.3) is 0 Å². The number of hydrogen-bond acceptors (Lipinski definition) is 6. The van der Waals surface area contributed by atoms with Crippen molar-refractivity contribution in [1.82, 2.24) is 4.31 Å². The monoisotopic (exact) mass is 512 g/mol. The summed E-state index contributed by atoms with van der Waals surface area (Å²) in [5.41, 5.74) is 3.14. The molecule has 184 valence electrons. The third kappa shape index (κ3) is 5.80. The lowest BCUT2D eigenvalue weighted by Crippen LogP contribution is -2.41. The molecule has 9 heteroatoms. The van der Waals surface area contributed by atoms with E-state index in [-0.39, 0.29) is 13.1 Å². The highest BCUT2D eigenvalue weighted by atomic mass is 32.2. The molecule has 7 nitrogen and oxygen atoms in total. The Morgan fingerprint density at radius 1 is 1.03 bits per heavy atom. The topological polar surface area (TPSA) is 92.8 Å². The molecule has 4 rings (SSSR count). The Labute approximate surface area is 209 Å². The first-order valence-electron chi connectivity index (χ1n) is 11.4. The second-order valence-electron chi connectivity index (χ2n) is 8.65. The first kappa shape index (κ1) is 25.1. The number of carbonyl (C=O) groups excluding carboxylic acids is 2. The Morgan fingerprint density at radius 3 is 2.40 bits per heavy atom. The van der Waals surface area contributed by atoms with Crippen molar-refractivity contribution in [3.05, 3.63) is 82.7 Å². The molecule has 0 bridgehead atoms. The van der Waals surface area contributed by atoms with Gasteiger partial charge >= 0.3 is 5.97 Å². The lowest BCUT2D eigenvalue weighted by Gasteiger charge is -2.30. The molecule has 1 atom stereocenters. The maximum Gasteiger partial charge on any atom is 0.310 e. The number of aryl methyl sites for hydroxylation is 2. The Kier molecular flexibility index (Phi) is 7.69. The van der Waals surface area contributed by atoms with Crippen LogP contribution in [-0.4, -0.2) is 37.7 Å². The number of benzene rings is 2. The Morgan fingerprint density at radius 2 is 1.74 bits per heavy atom. The number of rotatable bonds is 7. The summed E-state index contributed by atoms with van der Waals surface area (Å²) in [5.74, 6) is -1.41. The zero-order chi connectivity index (χ0) is 25.0. The average molecular weight is 513 g/mol. The van der Waals surface area contributed by atoms with E-state index in [0.29, 0.717) is 28.3 Å². The van der Waals surface area contributed by atoms with Gasteiger partial charge in [-0.05, 0) is 55.3 Å². The quantitative estimate of drug-likeness (QED) is 0.464. The van der Waals surface area contributed by atoms with Crippen molar-refractivity contribution in [3.63, 3.8) is 0 Å². The van der Waals surface area contributed by atoms with E-state index in [9.17, 15) is 18.0 Å². The first-order chi connectivity index (χ1) is 16.8. The number of nitrogens with zero attached hydrogens (tertiary/aromatic N) is 1. The summed E-state index contributed by atoms with van der Waals surface area (Å²) in [7, 11) is -3.55. The van der Waals surface area contributed by atoms with E-state index in [0.717, 1.165) is 11.1 Å². The predicted octanol–water partition coefficient (Wildman–Crippen LogP) is 4.69. The molecule has 0 aliphatic carbocycles. The number of ether oxygens (including phenoxy) is 1. The van der Waals surface area contributed by atoms with Crippen LogP contribution in [0.3, 0.4) is 0 Å². The zero-order valence-corrected chi connectivity index (χ0v) is 21.3. The Balaban J connectivity index is 1.45. The Hall–Kier alpha value is -3.01. The molecule has 1 aliphatic rings. The molecule has 1 aromatic heterocycles. The predicted molar refractivity (Wildman–Crippen MR) is 136 cm³/mol. The molecular formula is C26H28N2O5S2. The molecule has 1 aliphatic heterocycles. The first-order valence-corrected chi connectivity index (χ1v) is 13.7. The normalized spacial score (nSPS) is 15.9. The third-order valence-electron chi connectivity index (χ3n) is 6.10. The number of carbonyl (C=O) groups is 2. The van der Waals surface area contributed by atoms with Crippen molar-refractivity contribution in [3.8, 4) is 0 Å². The van der Waals surface area contributed by atoms with Gasteiger partial charge in [0.25, 0.3) is 15.9 Å². The summed E-state index contributed by atoms with van der Waals surface area (Å²) in [5, 5.41) is 4.62. The molecular weight excluding hydrogens is 484 g/mol. The molecule has 35 heavy (non-hydrogen) atoms. The number of thiophene rings is 1. The largest absolute Gasteiger partial charge is 0.447 e. The number of anilines is 1. The second kappa shape index (κ2) is 10.7. The molecule has 0 spiro atoms. The van der Waals surface area contributed by atoms with Crippen LogP contribution in [0, 0.1) is 19.8 Å². The minimum absolute atomic E-state index is 0.227. The average Bonchev–Trinajstić information content (AvgIpc) is 3.41. The van der Waals surface area contributed by atoms with Gasteiger partial charge in [0.05, 0.1) is 5.92 Å². The SMILES string of the molecule is Cc1ccc(C)c(NC(=O)C(OC(=O)C2CCN(S(=O)(=O)c3cccs3)CC2)c2ccccc2)c1. The lowest BCUT2D eigenvalue weighted by molar-refractivity contribution is -0.160. The summed E-state index contributed by atoms with van der Waals surface area (Å²) in [6, 6.07) is 17.9. The number of sulfonamides is 1. The zero-order valence-electron chi connectivity index (χ0n) is 19.6. The number of amides is 1. The van der Waals surface area contributed by atoms with E-state index in [1.165, 1.54) is 15.6 Å². The second-order valence-corrected chi connectivity index (χ2v) is 11.8. The van der Waals surface area contributed by atoms with Gasteiger partial charge in [0.15, 0.2) is 0 Å². The van der Waals surface area contributed by atoms with Gasteiger partial charge in [-0.3, -0.25) is 9.59 Å². The van der Waals surface area contributed by atoms with Crippen LogP contribution < -0.4 is 5.32 Å². The van der Waals surface area contributed by atoms with E-state index in [1.807, 2.05) is 38.1 Å². The van der Waals surface area contributed by atoms with Crippen molar-refractivity contribution in [2.45, 2.75) is 37.0 Å². The summed E-state index contributed by atoms with van der Waals surface area (Å²) < 4.78 is 33.0. The number of piperidine rings is 1. The van der Waals surface area contributed by atoms with E-state index >= 15 is 0 Å². The molecule has 2 aromatic carbocycles. The molecule has 0 saturated carbocycles. The van der Waals surface area contributed by atoms with Gasteiger partial charge in [0.2, 0.25) is 6.10 Å². The van der Waals surface area contributed by atoms with Crippen LogP contribution in [0.5, 0.6) is 0 Å². The van der Waals surface area contributed by atoms with Crippen LogP contribution in [0.4, 0.5) is 5.69 Å². The fourth-order valence-electron chi connectivity index (χ4n) is 4.05. The lowest BCUT2D eigenvalue weighted by atomic mass is 9.98. The van der Waals surface area contributed by atoms with Crippen molar-refractivity contribution < 1.29 is 22.7 Å². The number of esters is 1. The Bertz CT molecular complexity index is 1280. The molecule has 1 fully saturated rings. The summed E-state index contributed by atoms with van der Waals surface area (Å²) in [4.78, 5) is 26.3. The maximum atomic E-state index is 13.2. The number of hydrogen-bond donors (Lipinski definition) is 1. The molecule has 1 amide bonds. The molecule has 3 aromatic rings. The van der Waals surface area contributed by atoms with Crippen molar-refractivity contribution >= 4 is 38.9 Å². The van der Waals surface area contributed by atoms with Crippen LogP contribution in [0.1, 0.15) is 35.6 Å². The minimum atomic E-state index is -3.55. The van der Waals surface area contributed by atoms with Crippen LogP contribution in [0.15, 0.2) is 70.3 Å². The van der Waals surface area contributed by atoms with Crippen molar-refractivity contribution in [2.24, 2.45) is 5.92 Å². The fraction of sp³-hybridized carbons (Fsp3) is 0.308. The van der Waals surface area contributed by atoms with Crippen LogP contribution >= 0.6 is 11.3 Å². The summed E-state index contributed by atoms with van der Waals surface area (Å²) >= 11 is 1.18. The van der Waals surface area contributed by atoms with Gasteiger partial charge < -0.3 is 10.1 Å². The summed E-state index contributed by atoms with van der Waals surface area (Å²) in [6.45, 7) is 4.29. The maximum absolute atomic E-state index is 13.2. The molecule has 2 heterocycles. The third-order valence-corrected chi connectivity index (χ3v) is 9.37. The van der Waals surface area contributed by atoms with Crippen molar-refractivity contribution in [1.29, 1.82) is 0 Å². The minimum Gasteiger partial charge on any atom is -0.447 e. The molecule has 1 N–H and O–H groups in total. The van der Waals surface area contributed by atoms with E-state index in [2.05, 4.69) is 5.32 Å². The van der Waals surface area contributed by atoms with Gasteiger partial charge in [-0.15, -0.1) is 11.3 Å². The molecule has 0 radical (unpaired) electrons. The van der Waals surface area contributed by atoms with Crippen LogP contribution in [-0.2, 0) is 24.3 Å². The highest BCUT2D eigenvalue weighted by molar-refractivity contribution is 7.91. The standard InChI is InChI=1S/C26H28N2O5S2/c1-18-10-11-19(2)22(17-18)27-25(29)24(20-7-4-3-5-8-20)33-26(30)21-12-14-28(15-13-21)35(31,32)23-9-6-16-34-23/h3-11,16-17,21,24H,12-15H2,1-2H3,(H,27,29). The van der Waals surface area contributed by atoms with Gasteiger partial charge in [-0.1, -0.05) is 48.5 Å². The highest BCUT2D eigenvalue weighted by Crippen LogP contribution is 2.29. The van der Waals surface area contributed by atoms with E-state index < -0.39 is 33.9 Å². The van der Waals surface area contributed by atoms with Crippen molar-refractivity contribution in [2.75, 3.05) is 18.4 Å². The smallest absolute Gasteiger partial charge is 0.310 e. The summed E-state index contributed by atoms with van der Waals surface area (Å²) in [6.07, 6.45) is -0.441. The van der Waals surface area contributed by atoms with E-state index in [1.54, 1.807) is 41.8 Å². The van der Waals surface area contributed by atoms with Gasteiger partial charge in [-0.25, -0.2) is 8.42 Å². The molecule has 1 saturated heterocycles.